The second kappa shape index (κ2) is 7.57. The van der Waals surface area contributed by atoms with Gasteiger partial charge in [-0.25, -0.2) is 0 Å². The number of carbonyl (C=O) groups excluding carboxylic acids is 1. The van der Waals surface area contributed by atoms with Gasteiger partial charge in [-0.2, -0.15) is 0 Å². The van der Waals surface area contributed by atoms with Crippen LogP contribution in [0.4, 0.5) is 0 Å². The van der Waals surface area contributed by atoms with E-state index in [0.29, 0.717) is 12.0 Å². The van der Waals surface area contributed by atoms with Gasteiger partial charge < -0.3 is 15.5 Å². The summed E-state index contributed by atoms with van der Waals surface area (Å²) in [6.07, 6.45) is 0.624. The van der Waals surface area contributed by atoms with E-state index in [9.17, 15) is 4.79 Å². The van der Waals surface area contributed by atoms with Crippen LogP contribution in [0.1, 0.15) is 15.9 Å². The normalized spacial score (nSPS) is 10.4. The van der Waals surface area contributed by atoms with E-state index in [0.717, 1.165) is 16.7 Å². The number of aliphatic hydroxyl groups excluding tert-OH is 2. The third-order valence-corrected chi connectivity index (χ3v) is 3.23. The predicted octanol–water partition coefficient (Wildman–Crippen LogP) is 1.61. The van der Waals surface area contributed by atoms with Gasteiger partial charge in [0.25, 0.3) is 5.91 Å². The molecule has 0 aromatic heterocycles. The van der Waals surface area contributed by atoms with Crippen LogP contribution >= 0.6 is 0 Å². The van der Waals surface area contributed by atoms with Crippen LogP contribution in [0.2, 0.25) is 0 Å². The van der Waals surface area contributed by atoms with E-state index in [-0.39, 0.29) is 25.7 Å². The number of rotatable bonds is 6. The monoisotopic (exact) mass is 285 g/mol. The average molecular weight is 285 g/mol. The Labute approximate surface area is 124 Å². The number of aliphatic hydroxyl groups is 2. The molecule has 0 aliphatic carbocycles. The van der Waals surface area contributed by atoms with Crippen molar-refractivity contribution in [1.29, 1.82) is 0 Å². The van der Waals surface area contributed by atoms with E-state index < -0.39 is 0 Å². The van der Waals surface area contributed by atoms with Crippen LogP contribution in [-0.4, -0.2) is 35.9 Å². The molecule has 0 fully saturated rings. The minimum Gasteiger partial charge on any atom is -0.396 e. The zero-order valence-electron chi connectivity index (χ0n) is 11.7. The Bertz CT molecular complexity index is 593. The third kappa shape index (κ3) is 3.90. The minimum atomic E-state index is -0.195. The fourth-order valence-electron chi connectivity index (χ4n) is 2.18. The summed E-state index contributed by atoms with van der Waals surface area (Å²) in [6, 6.07) is 15.2. The average Bonchev–Trinajstić information content (AvgIpc) is 2.54. The first-order chi connectivity index (χ1) is 10.3. The molecule has 0 saturated carbocycles. The minimum absolute atomic E-state index is 0.0796. The van der Waals surface area contributed by atoms with Crippen molar-refractivity contribution in [3.05, 3.63) is 59.7 Å². The van der Waals surface area contributed by atoms with E-state index in [4.69, 9.17) is 10.2 Å². The van der Waals surface area contributed by atoms with Crippen molar-refractivity contribution < 1.29 is 15.0 Å². The Kier molecular flexibility index (Phi) is 5.49. The maximum atomic E-state index is 12.1. The fraction of sp³-hybridized carbons (Fsp3) is 0.235. The van der Waals surface area contributed by atoms with Crippen molar-refractivity contribution in [3.8, 4) is 11.1 Å². The van der Waals surface area contributed by atoms with Gasteiger partial charge in [0.1, 0.15) is 0 Å². The fourth-order valence-corrected chi connectivity index (χ4v) is 2.18. The number of benzene rings is 2. The van der Waals surface area contributed by atoms with Gasteiger partial charge in [-0.1, -0.05) is 42.5 Å². The highest BCUT2D eigenvalue weighted by Crippen LogP contribution is 2.24. The Morgan fingerprint density at radius 2 is 1.67 bits per heavy atom. The molecule has 0 radical (unpaired) electrons. The molecular formula is C17H19NO3. The molecule has 0 aliphatic rings. The second-order valence-corrected chi connectivity index (χ2v) is 4.70. The number of amides is 1. The van der Waals surface area contributed by atoms with E-state index in [2.05, 4.69) is 5.32 Å². The molecule has 4 heteroatoms. The molecule has 21 heavy (non-hydrogen) atoms. The first-order valence-corrected chi connectivity index (χ1v) is 6.94. The van der Waals surface area contributed by atoms with Gasteiger partial charge >= 0.3 is 0 Å². The van der Waals surface area contributed by atoms with Crippen LogP contribution in [0, 0.1) is 0 Å². The number of hydrogen-bond acceptors (Lipinski definition) is 3. The Balaban J connectivity index is 2.28. The number of hydrogen-bond donors (Lipinski definition) is 3. The van der Waals surface area contributed by atoms with Crippen molar-refractivity contribution in [1.82, 2.24) is 5.32 Å². The SMILES string of the molecule is O=C(NCCO)c1ccccc1-c1ccc(CCO)cc1. The standard InChI is InChI=1S/C17H19NO3/c19-11-9-13-5-7-14(8-6-13)15-3-1-2-4-16(15)17(21)18-10-12-20/h1-8,19-20H,9-12H2,(H,18,21). The molecule has 0 aliphatic heterocycles. The molecule has 0 spiro atoms. The zero-order valence-corrected chi connectivity index (χ0v) is 11.7. The smallest absolute Gasteiger partial charge is 0.251 e. The Morgan fingerprint density at radius 1 is 0.952 bits per heavy atom. The molecule has 2 aromatic rings. The van der Waals surface area contributed by atoms with Crippen LogP contribution in [0.15, 0.2) is 48.5 Å². The molecular weight excluding hydrogens is 266 g/mol. The van der Waals surface area contributed by atoms with E-state index in [1.807, 2.05) is 42.5 Å². The number of carbonyl (C=O) groups is 1. The highest BCUT2D eigenvalue weighted by molar-refractivity contribution is 6.00. The van der Waals surface area contributed by atoms with Gasteiger partial charge in [-0.05, 0) is 29.2 Å². The van der Waals surface area contributed by atoms with E-state index in [1.54, 1.807) is 6.07 Å². The molecule has 110 valence electrons. The Hall–Kier alpha value is -2.17. The van der Waals surface area contributed by atoms with Crippen LogP contribution in [0.5, 0.6) is 0 Å². The third-order valence-electron chi connectivity index (χ3n) is 3.23. The zero-order chi connectivity index (χ0) is 15.1. The summed E-state index contributed by atoms with van der Waals surface area (Å²) in [5.74, 6) is -0.195. The largest absolute Gasteiger partial charge is 0.396 e. The molecule has 0 unspecified atom stereocenters. The van der Waals surface area contributed by atoms with Crippen molar-refractivity contribution in [2.45, 2.75) is 6.42 Å². The molecule has 0 bridgehead atoms. The summed E-state index contributed by atoms with van der Waals surface area (Å²) < 4.78 is 0. The lowest BCUT2D eigenvalue weighted by atomic mass is 9.98. The van der Waals surface area contributed by atoms with Crippen LogP contribution < -0.4 is 5.32 Å². The second-order valence-electron chi connectivity index (χ2n) is 4.70. The molecule has 4 nitrogen and oxygen atoms in total. The van der Waals surface area contributed by atoms with E-state index in [1.165, 1.54) is 0 Å². The maximum absolute atomic E-state index is 12.1. The summed E-state index contributed by atoms with van der Waals surface area (Å²) in [6.45, 7) is 0.284. The summed E-state index contributed by atoms with van der Waals surface area (Å²) in [4.78, 5) is 12.1. The molecule has 1 amide bonds. The van der Waals surface area contributed by atoms with Crippen molar-refractivity contribution in [3.63, 3.8) is 0 Å². The van der Waals surface area contributed by atoms with Crippen molar-refractivity contribution in [2.75, 3.05) is 19.8 Å². The first-order valence-electron chi connectivity index (χ1n) is 6.94. The summed E-state index contributed by atoms with van der Waals surface area (Å²) in [5.41, 5.74) is 3.44. The molecule has 0 atom stereocenters. The lowest BCUT2D eigenvalue weighted by Crippen LogP contribution is -2.26. The van der Waals surface area contributed by atoms with Gasteiger partial charge in [0.15, 0.2) is 0 Å². The highest BCUT2D eigenvalue weighted by atomic mass is 16.3. The molecule has 0 heterocycles. The van der Waals surface area contributed by atoms with Gasteiger partial charge in [0.05, 0.1) is 6.61 Å². The van der Waals surface area contributed by atoms with Crippen LogP contribution in [0.25, 0.3) is 11.1 Å². The van der Waals surface area contributed by atoms with Gasteiger partial charge in [-0.3, -0.25) is 4.79 Å². The van der Waals surface area contributed by atoms with Gasteiger partial charge in [0, 0.05) is 18.7 Å². The first kappa shape index (κ1) is 15.2. The summed E-state index contributed by atoms with van der Waals surface area (Å²) in [5, 5.41) is 20.4. The van der Waals surface area contributed by atoms with Crippen molar-refractivity contribution >= 4 is 5.91 Å². The quantitative estimate of drug-likeness (QED) is 0.755. The summed E-state index contributed by atoms with van der Waals surface area (Å²) in [7, 11) is 0. The Morgan fingerprint density at radius 3 is 2.33 bits per heavy atom. The van der Waals surface area contributed by atoms with Gasteiger partial charge in [-0.15, -0.1) is 0 Å². The van der Waals surface area contributed by atoms with Crippen molar-refractivity contribution in [2.24, 2.45) is 0 Å². The summed E-state index contributed by atoms with van der Waals surface area (Å²) >= 11 is 0. The van der Waals surface area contributed by atoms with Crippen LogP contribution in [-0.2, 0) is 6.42 Å². The van der Waals surface area contributed by atoms with E-state index >= 15 is 0 Å². The van der Waals surface area contributed by atoms with Gasteiger partial charge in [0.2, 0.25) is 0 Å². The predicted molar refractivity (Wildman–Crippen MR) is 82.1 cm³/mol. The number of nitrogens with one attached hydrogen (secondary N) is 1. The molecule has 3 N–H and O–H groups in total. The van der Waals surface area contributed by atoms with Crippen LogP contribution in [0.3, 0.4) is 0 Å². The molecule has 2 aromatic carbocycles. The molecule has 0 saturated heterocycles. The lowest BCUT2D eigenvalue weighted by Gasteiger charge is -2.10. The maximum Gasteiger partial charge on any atom is 0.251 e. The molecule has 2 rings (SSSR count). The highest BCUT2D eigenvalue weighted by Gasteiger charge is 2.11. The lowest BCUT2D eigenvalue weighted by molar-refractivity contribution is 0.0945. The topological polar surface area (TPSA) is 69.6 Å².